The molecule has 3 fully saturated rings. The summed E-state index contributed by atoms with van der Waals surface area (Å²) in [6.45, 7) is 13.7. The Morgan fingerprint density at radius 1 is 1.05 bits per heavy atom. The third-order valence-electron chi connectivity index (χ3n) is 12.9. The van der Waals surface area contributed by atoms with E-state index in [9.17, 15) is 29.1 Å². The van der Waals surface area contributed by atoms with E-state index in [0.29, 0.717) is 43.5 Å². The van der Waals surface area contributed by atoms with E-state index >= 15 is 0 Å². The third kappa shape index (κ3) is 8.82. The van der Waals surface area contributed by atoms with E-state index in [2.05, 4.69) is 59.6 Å². The Balaban J connectivity index is 1.22. The number of hydrogen-bond donors (Lipinski definition) is 4. The number of fused-ring (bicyclic) bond motifs is 6. The zero-order valence-corrected chi connectivity index (χ0v) is 37.8. The monoisotopic (exact) mass is 876 g/mol. The second kappa shape index (κ2) is 18.0. The van der Waals surface area contributed by atoms with Crippen LogP contribution in [0.3, 0.4) is 0 Å². The molecule has 3 saturated heterocycles. The van der Waals surface area contributed by atoms with Crippen LogP contribution in [0, 0.1) is 11.3 Å². The van der Waals surface area contributed by atoms with Gasteiger partial charge in [-0.05, 0) is 97.7 Å². The average Bonchev–Trinajstić information content (AvgIpc) is 4.01. The highest BCUT2D eigenvalue weighted by molar-refractivity contribution is 6.02. The van der Waals surface area contributed by atoms with Crippen molar-refractivity contribution in [3.8, 4) is 28.1 Å². The van der Waals surface area contributed by atoms with E-state index in [-0.39, 0.29) is 56.3 Å². The van der Waals surface area contributed by atoms with Crippen molar-refractivity contribution >= 4 is 40.6 Å². The van der Waals surface area contributed by atoms with Gasteiger partial charge in [0.15, 0.2) is 0 Å². The van der Waals surface area contributed by atoms with E-state index < -0.39 is 53.4 Å². The molecule has 2 aromatic heterocycles. The van der Waals surface area contributed by atoms with E-state index in [1.54, 1.807) is 25.4 Å². The first-order valence-corrected chi connectivity index (χ1v) is 22.5. The van der Waals surface area contributed by atoms with Gasteiger partial charge < -0.3 is 34.7 Å². The molecule has 0 spiro atoms. The van der Waals surface area contributed by atoms with Crippen LogP contribution < -0.4 is 16.1 Å². The van der Waals surface area contributed by atoms with Crippen molar-refractivity contribution in [1.29, 1.82) is 0 Å². The quantitative estimate of drug-likeness (QED) is 0.134. The SMILES string of the molecule is CCn1c(-c2cccnc2[C@H](C)OC)c2c3cc(ccc31)-c1cc(O)cc(c1)C[C@H](NC(=O)C(C(C)C)N1CCN(C(=O)[C@H]3CN3)C1=O)C(=O)N1CCC[C@H](N1)C(=O)OCC(C)(C)C2. The molecule has 16 nitrogen and oxygen atoms in total. The lowest BCUT2D eigenvalue weighted by atomic mass is 9.84. The molecule has 6 bridgehead atoms. The van der Waals surface area contributed by atoms with Gasteiger partial charge in [0, 0.05) is 74.3 Å². The first kappa shape index (κ1) is 44.8. The summed E-state index contributed by atoms with van der Waals surface area (Å²) in [4.78, 5) is 76.9. The number of carbonyl (C=O) groups is 5. The molecule has 2 aromatic carbocycles. The molecule has 8 rings (SSSR count). The number of methoxy groups -OCH3 is 1. The van der Waals surface area contributed by atoms with Crippen molar-refractivity contribution in [3.63, 3.8) is 0 Å². The third-order valence-corrected chi connectivity index (χ3v) is 12.9. The Labute approximate surface area is 373 Å². The second-order valence-electron chi connectivity index (χ2n) is 18.6. The maximum atomic E-state index is 14.7. The molecule has 340 valence electrons. The number of cyclic esters (lactones) is 1. The van der Waals surface area contributed by atoms with Crippen LogP contribution in [0.5, 0.6) is 5.75 Å². The number of aryl methyl sites for hydroxylation is 1. The molecule has 6 heterocycles. The maximum Gasteiger partial charge on any atom is 0.327 e. The number of amides is 5. The molecular weight excluding hydrogens is 817 g/mol. The smallest absolute Gasteiger partial charge is 0.327 e. The lowest BCUT2D eigenvalue weighted by Gasteiger charge is -2.36. The number of benzene rings is 2. The summed E-state index contributed by atoms with van der Waals surface area (Å²) < 4.78 is 14.2. The lowest BCUT2D eigenvalue weighted by molar-refractivity contribution is -0.155. The van der Waals surface area contributed by atoms with Crippen LogP contribution >= 0.6 is 0 Å². The zero-order chi connectivity index (χ0) is 45.6. The summed E-state index contributed by atoms with van der Waals surface area (Å²) in [5, 5.41) is 19.6. The Hall–Kier alpha value is -5.84. The molecule has 4 aliphatic rings. The highest BCUT2D eigenvalue weighted by Crippen LogP contribution is 2.42. The van der Waals surface area contributed by atoms with Gasteiger partial charge in [0.25, 0.3) is 5.91 Å². The number of nitrogens with one attached hydrogen (secondary N) is 3. The molecule has 0 radical (unpaired) electrons. The Kier molecular flexibility index (Phi) is 12.6. The number of pyridine rings is 1. The van der Waals surface area contributed by atoms with Crippen LogP contribution in [0.4, 0.5) is 4.79 Å². The topological polar surface area (TPSA) is 198 Å². The van der Waals surface area contributed by atoms with Crippen molar-refractivity contribution in [1.82, 2.24) is 40.4 Å². The van der Waals surface area contributed by atoms with Crippen LogP contribution in [-0.2, 0) is 48.0 Å². The predicted octanol–water partition coefficient (Wildman–Crippen LogP) is 4.71. The van der Waals surface area contributed by atoms with Gasteiger partial charge in [0.1, 0.15) is 29.9 Å². The lowest BCUT2D eigenvalue weighted by Crippen LogP contribution is -2.62. The number of ether oxygens (including phenoxy) is 2. The minimum atomic E-state index is -1.17. The van der Waals surface area contributed by atoms with E-state index in [4.69, 9.17) is 14.5 Å². The summed E-state index contributed by atoms with van der Waals surface area (Å²) >= 11 is 0. The van der Waals surface area contributed by atoms with Crippen LogP contribution in [0.2, 0.25) is 0 Å². The first-order chi connectivity index (χ1) is 30.6. The van der Waals surface area contributed by atoms with Gasteiger partial charge in [0.2, 0.25) is 11.8 Å². The van der Waals surface area contributed by atoms with Crippen molar-refractivity contribution in [2.24, 2.45) is 11.3 Å². The van der Waals surface area contributed by atoms with Crippen molar-refractivity contribution in [2.45, 2.75) is 104 Å². The van der Waals surface area contributed by atoms with Crippen LogP contribution in [0.25, 0.3) is 33.3 Å². The van der Waals surface area contributed by atoms with Gasteiger partial charge in [-0.3, -0.25) is 34.1 Å². The largest absolute Gasteiger partial charge is 0.508 e. The van der Waals surface area contributed by atoms with E-state index in [1.165, 1.54) is 14.8 Å². The average molecular weight is 877 g/mol. The summed E-state index contributed by atoms with van der Waals surface area (Å²) in [6.07, 6.45) is 2.95. The van der Waals surface area contributed by atoms with Crippen molar-refractivity contribution in [3.05, 3.63) is 71.5 Å². The highest BCUT2D eigenvalue weighted by atomic mass is 16.5. The Morgan fingerprint density at radius 2 is 1.83 bits per heavy atom. The van der Waals surface area contributed by atoms with Crippen molar-refractivity contribution < 1.29 is 38.6 Å². The number of hydrazine groups is 1. The fourth-order valence-electron chi connectivity index (χ4n) is 9.57. The fourth-order valence-corrected chi connectivity index (χ4v) is 9.57. The summed E-state index contributed by atoms with van der Waals surface area (Å²) in [7, 11) is 1.67. The number of rotatable bonds is 9. The van der Waals surface area contributed by atoms with Gasteiger partial charge >= 0.3 is 12.0 Å². The number of hydrogen-bond acceptors (Lipinski definition) is 11. The molecule has 0 aliphatic carbocycles. The molecule has 16 heteroatoms. The number of phenolic OH excluding ortho intramolecular Hbond substituents is 1. The number of nitrogens with zero attached hydrogens (tertiary/aromatic N) is 5. The minimum Gasteiger partial charge on any atom is -0.508 e. The van der Waals surface area contributed by atoms with Gasteiger partial charge in [-0.1, -0.05) is 39.8 Å². The molecule has 5 atom stereocenters. The standard InChI is InChI=1S/C48H60N8O8/c1-8-53-39-14-13-30-23-34(39)35(42(53)33-11-9-15-49-40(33)28(4)63-7)24-48(5,6)26-64-46(61)36-12-10-16-56(52-36)45(60)37(21-29-19-31(30)22-32(57)20-29)51-43(58)41(27(2)3)54-17-18-55(47(54)62)44(59)38-25-50-38/h9,11,13-15,19-20,22-23,27-28,36-38,41,50,52,57H,8,10,12,16-18,21,24-26H2,1-7H3,(H,51,58)/t28-,36-,37-,38+,41?/m0/s1. The molecule has 0 saturated carbocycles. The minimum absolute atomic E-state index is 0.0159. The Bertz CT molecular complexity index is 2480. The summed E-state index contributed by atoms with van der Waals surface area (Å²) in [5.74, 6) is -2.23. The molecule has 4 aliphatic heterocycles. The second-order valence-corrected chi connectivity index (χ2v) is 18.6. The number of carbonyl (C=O) groups excluding carboxylic acids is 5. The highest BCUT2D eigenvalue weighted by Gasteiger charge is 2.46. The molecule has 64 heavy (non-hydrogen) atoms. The maximum absolute atomic E-state index is 14.7. The van der Waals surface area contributed by atoms with Gasteiger partial charge in [0.05, 0.1) is 24.1 Å². The number of imide groups is 1. The van der Waals surface area contributed by atoms with E-state index in [0.717, 1.165) is 39.0 Å². The van der Waals surface area contributed by atoms with E-state index in [1.807, 2.05) is 39.0 Å². The normalized spacial score (nSPS) is 22.3. The number of esters is 1. The van der Waals surface area contributed by atoms with Gasteiger partial charge in [-0.25, -0.2) is 10.2 Å². The van der Waals surface area contributed by atoms with Crippen molar-refractivity contribution in [2.75, 3.05) is 39.9 Å². The Morgan fingerprint density at radius 3 is 2.55 bits per heavy atom. The fraction of sp³-hybridized carbons (Fsp3) is 0.500. The number of phenols is 1. The number of urea groups is 1. The summed E-state index contributed by atoms with van der Waals surface area (Å²) in [5.41, 5.74) is 9.50. The number of aromatic nitrogens is 2. The predicted molar refractivity (Wildman–Crippen MR) is 240 cm³/mol. The zero-order valence-electron chi connectivity index (χ0n) is 37.8. The van der Waals surface area contributed by atoms with Crippen LogP contribution in [0.15, 0.2) is 54.7 Å². The molecule has 4 N–H and O–H groups in total. The summed E-state index contributed by atoms with van der Waals surface area (Å²) in [6, 6.07) is 11.5. The first-order valence-electron chi connectivity index (χ1n) is 22.5. The molecule has 4 aromatic rings. The molecule has 1 unspecified atom stereocenters. The number of aromatic hydroxyl groups is 1. The van der Waals surface area contributed by atoms with Crippen LogP contribution in [0.1, 0.15) is 77.3 Å². The molecular formula is C48H60N8O8. The molecule has 5 amide bonds. The van der Waals surface area contributed by atoms with Gasteiger partial charge in [-0.2, -0.15) is 0 Å². The van der Waals surface area contributed by atoms with Crippen LogP contribution in [-0.4, -0.2) is 123 Å². The van der Waals surface area contributed by atoms with Gasteiger partial charge in [-0.15, -0.1) is 0 Å².